The van der Waals surface area contributed by atoms with Crippen molar-refractivity contribution in [2.45, 2.75) is 29.1 Å². The summed E-state index contributed by atoms with van der Waals surface area (Å²) in [5.74, 6) is 0.305. The van der Waals surface area contributed by atoms with E-state index < -0.39 is 9.84 Å². The van der Waals surface area contributed by atoms with E-state index in [9.17, 15) is 13.2 Å². The van der Waals surface area contributed by atoms with Crippen LogP contribution in [0.2, 0.25) is 0 Å². The smallest absolute Gasteiger partial charge is 0.225 e. The molecule has 2 aromatic carbocycles. The van der Waals surface area contributed by atoms with E-state index in [0.29, 0.717) is 11.4 Å². The second kappa shape index (κ2) is 7.07. The zero-order chi connectivity index (χ0) is 19.9. The van der Waals surface area contributed by atoms with Crippen LogP contribution in [-0.4, -0.2) is 21.4 Å². The lowest BCUT2D eigenvalue weighted by atomic mass is 9.90. The zero-order valence-electron chi connectivity index (χ0n) is 15.4. The van der Waals surface area contributed by atoms with Gasteiger partial charge in [-0.3, -0.25) is 4.79 Å². The Morgan fingerprint density at radius 2 is 1.93 bits per heavy atom. The predicted molar refractivity (Wildman–Crippen MR) is 109 cm³/mol. The molecule has 1 amide bonds. The molecule has 0 aliphatic carbocycles. The van der Waals surface area contributed by atoms with Crippen LogP contribution in [0.25, 0.3) is 0 Å². The number of carbonyl (C=O) groups is 1. The number of nitrogens with one attached hydrogen (secondary N) is 1. The fraction of sp³-hybridized carbons (Fsp3) is 0.190. The Morgan fingerprint density at radius 3 is 2.68 bits per heavy atom. The molecule has 3 aromatic rings. The van der Waals surface area contributed by atoms with E-state index in [-0.39, 0.29) is 28.0 Å². The molecule has 7 heteroatoms. The van der Waals surface area contributed by atoms with Gasteiger partial charge in [-0.1, -0.05) is 24.3 Å². The molecule has 0 spiro atoms. The minimum Gasteiger partial charge on any atom is -0.497 e. The lowest BCUT2D eigenvalue weighted by Crippen LogP contribution is -2.23. The number of hydrogen-bond donors (Lipinski definition) is 1. The highest BCUT2D eigenvalue weighted by atomic mass is 32.2. The molecule has 4 rings (SSSR count). The Hall–Kier alpha value is -2.64. The molecule has 144 valence electrons. The molecule has 0 saturated carbocycles. The highest BCUT2D eigenvalue weighted by molar-refractivity contribution is 7.91. The lowest BCUT2D eigenvalue weighted by Gasteiger charge is -2.24. The van der Waals surface area contributed by atoms with Gasteiger partial charge in [-0.05, 0) is 42.3 Å². The van der Waals surface area contributed by atoms with Crippen molar-refractivity contribution in [2.24, 2.45) is 0 Å². The maximum absolute atomic E-state index is 13.2. The number of methoxy groups -OCH3 is 1. The van der Waals surface area contributed by atoms with E-state index in [1.807, 2.05) is 37.3 Å². The lowest BCUT2D eigenvalue weighted by molar-refractivity contribution is -0.116. The molecule has 0 unspecified atom stereocenters. The van der Waals surface area contributed by atoms with E-state index in [1.165, 1.54) is 11.3 Å². The average molecular weight is 414 g/mol. The van der Waals surface area contributed by atoms with Gasteiger partial charge in [-0.15, -0.1) is 11.3 Å². The molecule has 0 bridgehead atoms. The molecule has 0 saturated heterocycles. The first-order valence-electron chi connectivity index (χ1n) is 8.77. The van der Waals surface area contributed by atoms with Crippen LogP contribution in [0.15, 0.2) is 63.7 Å². The first-order chi connectivity index (χ1) is 13.4. The third-order valence-corrected chi connectivity index (χ3v) is 7.86. The summed E-state index contributed by atoms with van der Waals surface area (Å²) < 4.78 is 31.7. The minimum absolute atomic E-state index is 0.152. The molecule has 28 heavy (non-hydrogen) atoms. The molecular formula is C21H19NO4S2. The number of benzene rings is 2. The van der Waals surface area contributed by atoms with E-state index in [2.05, 4.69) is 5.32 Å². The fourth-order valence-corrected chi connectivity index (χ4v) is 6.45. The first-order valence-corrected chi connectivity index (χ1v) is 11.1. The van der Waals surface area contributed by atoms with E-state index in [4.69, 9.17) is 4.74 Å². The first kappa shape index (κ1) is 18.7. The summed E-state index contributed by atoms with van der Waals surface area (Å²) in [6.07, 6.45) is 0.268. The molecule has 1 N–H and O–H groups in total. The normalized spacial score (nSPS) is 16.4. The largest absolute Gasteiger partial charge is 0.497 e. The van der Waals surface area contributed by atoms with Crippen molar-refractivity contribution in [1.82, 2.24) is 0 Å². The maximum Gasteiger partial charge on any atom is 0.225 e. The molecule has 1 aromatic heterocycles. The van der Waals surface area contributed by atoms with Crippen molar-refractivity contribution in [3.8, 4) is 5.75 Å². The Bertz CT molecular complexity index is 1160. The van der Waals surface area contributed by atoms with Crippen molar-refractivity contribution in [2.75, 3.05) is 12.4 Å². The van der Waals surface area contributed by atoms with Crippen LogP contribution in [0, 0.1) is 6.92 Å². The molecular weight excluding hydrogens is 394 g/mol. The van der Waals surface area contributed by atoms with Gasteiger partial charge in [-0.2, -0.15) is 0 Å². The topological polar surface area (TPSA) is 72.5 Å². The monoisotopic (exact) mass is 413 g/mol. The summed E-state index contributed by atoms with van der Waals surface area (Å²) in [5.41, 5.74) is 2.19. The van der Waals surface area contributed by atoms with Crippen LogP contribution in [0.1, 0.15) is 28.3 Å². The van der Waals surface area contributed by atoms with E-state index in [0.717, 1.165) is 16.0 Å². The maximum atomic E-state index is 13.2. The van der Waals surface area contributed by atoms with Crippen molar-refractivity contribution in [3.05, 3.63) is 69.9 Å². The molecule has 5 nitrogen and oxygen atoms in total. The SMILES string of the molecule is COc1cccc([C@H]2CC(=O)Nc3c(S(=O)(=O)c4cccc(C)c4)csc32)c1. The number of sulfone groups is 1. The molecule has 0 fully saturated rings. The number of rotatable bonds is 4. The van der Waals surface area contributed by atoms with Gasteiger partial charge in [0.05, 0.1) is 17.7 Å². The van der Waals surface area contributed by atoms with Crippen LogP contribution in [0.3, 0.4) is 0 Å². The summed E-state index contributed by atoms with van der Waals surface area (Å²) >= 11 is 1.36. The summed E-state index contributed by atoms with van der Waals surface area (Å²) in [5, 5.41) is 4.41. The Labute approximate surface area is 167 Å². The van der Waals surface area contributed by atoms with Gasteiger partial charge in [0.2, 0.25) is 15.7 Å². The van der Waals surface area contributed by atoms with Crippen molar-refractivity contribution < 1.29 is 17.9 Å². The molecule has 1 aliphatic rings. The average Bonchev–Trinajstić information content (AvgIpc) is 3.12. The van der Waals surface area contributed by atoms with Gasteiger partial charge in [0.25, 0.3) is 0 Å². The third-order valence-electron chi connectivity index (χ3n) is 4.84. The van der Waals surface area contributed by atoms with Crippen LogP contribution >= 0.6 is 11.3 Å². The molecule has 0 radical (unpaired) electrons. The summed E-state index contributed by atoms with van der Waals surface area (Å²) in [6, 6.07) is 14.3. The van der Waals surface area contributed by atoms with Gasteiger partial charge in [-0.25, -0.2) is 8.42 Å². The highest BCUT2D eigenvalue weighted by Crippen LogP contribution is 2.46. The van der Waals surface area contributed by atoms with Gasteiger partial charge >= 0.3 is 0 Å². The fourth-order valence-electron chi connectivity index (χ4n) is 3.44. The Kier molecular flexibility index (Phi) is 4.72. The van der Waals surface area contributed by atoms with Gasteiger partial charge < -0.3 is 10.1 Å². The van der Waals surface area contributed by atoms with Gasteiger partial charge in [0.1, 0.15) is 10.6 Å². The van der Waals surface area contributed by atoms with Crippen LogP contribution < -0.4 is 10.1 Å². The summed E-state index contributed by atoms with van der Waals surface area (Å²) in [6.45, 7) is 1.85. The number of anilines is 1. The Morgan fingerprint density at radius 1 is 1.14 bits per heavy atom. The quantitative estimate of drug-likeness (QED) is 0.689. The van der Waals surface area contributed by atoms with Gasteiger partial charge in [0.15, 0.2) is 0 Å². The third kappa shape index (κ3) is 3.21. The number of fused-ring (bicyclic) bond motifs is 1. The molecule has 1 aliphatic heterocycles. The van der Waals surface area contributed by atoms with Crippen molar-refractivity contribution in [1.29, 1.82) is 0 Å². The Balaban J connectivity index is 1.83. The van der Waals surface area contributed by atoms with Crippen molar-refractivity contribution >= 4 is 32.8 Å². The molecule has 1 atom stereocenters. The highest BCUT2D eigenvalue weighted by Gasteiger charge is 2.34. The number of aryl methyl sites for hydroxylation is 1. The molecule has 2 heterocycles. The van der Waals surface area contributed by atoms with E-state index >= 15 is 0 Å². The zero-order valence-corrected chi connectivity index (χ0v) is 17.1. The summed E-state index contributed by atoms with van der Waals surface area (Å²) in [4.78, 5) is 13.6. The van der Waals surface area contributed by atoms with Crippen LogP contribution in [0.5, 0.6) is 5.75 Å². The standard InChI is InChI=1S/C21H19NO4S2/c1-13-5-3-8-16(9-13)28(24,25)18-12-27-21-17(11-19(23)22-20(18)21)14-6-4-7-15(10-14)26-2/h3-10,12,17H,11H2,1-2H3,(H,22,23)/t17-/m1/s1. The number of ether oxygens (including phenoxy) is 1. The number of amides is 1. The van der Waals surface area contributed by atoms with Crippen molar-refractivity contribution in [3.63, 3.8) is 0 Å². The number of hydrogen-bond acceptors (Lipinski definition) is 5. The number of thiophene rings is 1. The predicted octanol–water partition coefficient (Wildman–Crippen LogP) is 4.37. The van der Waals surface area contributed by atoms with Crippen LogP contribution in [0.4, 0.5) is 5.69 Å². The second-order valence-corrected chi connectivity index (χ2v) is 9.57. The summed E-state index contributed by atoms with van der Waals surface area (Å²) in [7, 11) is -2.14. The van der Waals surface area contributed by atoms with Gasteiger partial charge in [0, 0.05) is 22.6 Å². The minimum atomic E-state index is -3.73. The van der Waals surface area contributed by atoms with E-state index in [1.54, 1.807) is 30.7 Å². The van der Waals surface area contributed by atoms with Crippen LogP contribution in [-0.2, 0) is 14.6 Å². The second-order valence-electron chi connectivity index (χ2n) is 6.74. The number of carbonyl (C=O) groups excluding carboxylic acids is 1.